The SMILES string of the molecule is CC(C)C[C@@H](C(=O)NCCN1CCOCC1)S(=O)(=O)C[C@H](O)[C@H](CC1CCCCC1)NC(=O)[C@H](Cc1cnc[nH]1)NC(=O)[C@H](Cc1ccccc1)NC(=O)OC(C)(C)C. The minimum absolute atomic E-state index is 0.0201. The summed E-state index contributed by atoms with van der Waals surface area (Å²) < 4.78 is 39.0. The van der Waals surface area contributed by atoms with Gasteiger partial charge in [0, 0.05) is 50.9 Å². The Morgan fingerprint density at radius 1 is 0.949 bits per heavy atom. The van der Waals surface area contributed by atoms with Gasteiger partial charge in [-0.2, -0.15) is 0 Å². The molecule has 59 heavy (non-hydrogen) atoms. The van der Waals surface area contributed by atoms with Gasteiger partial charge >= 0.3 is 6.09 Å². The minimum Gasteiger partial charge on any atom is -0.444 e. The molecule has 330 valence electrons. The number of aliphatic hydroxyl groups excluding tert-OH is 1. The van der Waals surface area contributed by atoms with Crippen molar-refractivity contribution in [1.29, 1.82) is 0 Å². The molecule has 0 bridgehead atoms. The van der Waals surface area contributed by atoms with E-state index in [4.69, 9.17) is 9.47 Å². The number of carbonyl (C=O) groups is 4. The number of H-pyrrole nitrogens is 1. The van der Waals surface area contributed by atoms with Crippen LogP contribution < -0.4 is 21.3 Å². The summed E-state index contributed by atoms with van der Waals surface area (Å²) >= 11 is 0. The van der Waals surface area contributed by atoms with Crippen LogP contribution >= 0.6 is 0 Å². The summed E-state index contributed by atoms with van der Waals surface area (Å²) in [5, 5.41) is 21.6. The molecule has 6 N–H and O–H groups in total. The number of ether oxygens (including phenoxy) is 2. The van der Waals surface area contributed by atoms with Crippen LogP contribution in [0.4, 0.5) is 4.79 Å². The fourth-order valence-corrected chi connectivity index (χ4v) is 9.60. The number of carbonyl (C=O) groups excluding carboxylic acids is 4. The predicted molar refractivity (Wildman–Crippen MR) is 224 cm³/mol. The Morgan fingerprint density at radius 3 is 2.24 bits per heavy atom. The molecule has 2 aromatic rings. The highest BCUT2D eigenvalue weighted by molar-refractivity contribution is 7.92. The van der Waals surface area contributed by atoms with Crippen LogP contribution in [0.2, 0.25) is 0 Å². The van der Waals surface area contributed by atoms with Crippen LogP contribution in [0.25, 0.3) is 0 Å². The Bertz CT molecular complexity index is 1710. The third kappa shape index (κ3) is 16.8. The average Bonchev–Trinajstić information content (AvgIpc) is 3.69. The van der Waals surface area contributed by atoms with Crippen LogP contribution in [0.1, 0.15) is 90.8 Å². The van der Waals surface area contributed by atoms with Crippen LogP contribution in [0.5, 0.6) is 0 Å². The number of alkyl carbamates (subject to hydrolysis) is 1. The zero-order chi connectivity index (χ0) is 43.0. The van der Waals surface area contributed by atoms with E-state index in [1.54, 1.807) is 20.8 Å². The lowest BCUT2D eigenvalue weighted by molar-refractivity contribution is -0.130. The molecular formula is C42H67N7O9S. The van der Waals surface area contributed by atoms with E-state index in [1.807, 2.05) is 44.2 Å². The maximum absolute atomic E-state index is 14.3. The fourth-order valence-electron chi connectivity index (χ4n) is 7.58. The first-order valence-corrected chi connectivity index (χ1v) is 22.8. The molecule has 1 saturated carbocycles. The summed E-state index contributed by atoms with van der Waals surface area (Å²) in [6, 6.07) is 5.74. The third-order valence-electron chi connectivity index (χ3n) is 10.7. The number of nitrogens with one attached hydrogen (secondary N) is 5. The summed E-state index contributed by atoms with van der Waals surface area (Å²) in [5.41, 5.74) is 0.467. The van der Waals surface area contributed by atoms with E-state index >= 15 is 0 Å². The second-order valence-corrected chi connectivity index (χ2v) is 19.6. The summed E-state index contributed by atoms with van der Waals surface area (Å²) in [4.78, 5) is 64.0. The predicted octanol–water partition coefficient (Wildman–Crippen LogP) is 2.67. The third-order valence-corrected chi connectivity index (χ3v) is 12.7. The first-order valence-electron chi connectivity index (χ1n) is 21.1. The van der Waals surface area contributed by atoms with E-state index in [2.05, 4.69) is 36.1 Å². The number of benzene rings is 1. The number of amides is 4. The Balaban J connectivity index is 1.55. The van der Waals surface area contributed by atoms with Crippen LogP contribution in [0.15, 0.2) is 42.9 Å². The van der Waals surface area contributed by atoms with Gasteiger partial charge in [-0.25, -0.2) is 18.2 Å². The van der Waals surface area contributed by atoms with Crippen molar-refractivity contribution in [2.75, 3.05) is 45.1 Å². The summed E-state index contributed by atoms with van der Waals surface area (Å²) in [5.74, 6) is -2.66. The van der Waals surface area contributed by atoms with Crippen LogP contribution in [-0.4, -0.2) is 132 Å². The standard InChI is InChI=1S/C42H67N7O9S/c1-29(2)22-37(40(53)44-16-17-49-18-20-57-21-19-49)59(55,56)27-36(50)33(23-30-12-8-6-9-13-30)46-39(52)35(25-32-26-43-28-45-32)47-38(51)34(24-31-14-10-7-11-15-31)48-41(54)58-42(3,4)5/h7,10-11,14-15,26,28-30,33-37,50H,6,8-9,12-13,16-25,27H2,1-5H3,(H,43,45)(H,44,53)(H,46,52)(H,47,51)(H,48,54)/t33-,34-,35-,36-,37-/m0/s1. The topological polar surface area (TPSA) is 221 Å². The van der Waals surface area contributed by atoms with Gasteiger partial charge in [0.15, 0.2) is 9.84 Å². The Morgan fingerprint density at radius 2 is 1.61 bits per heavy atom. The highest BCUT2D eigenvalue weighted by Crippen LogP contribution is 2.29. The van der Waals surface area contributed by atoms with Crippen molar-refractivity contribution >= 4 is 33.7 Å². The van der Waals surface area contributed by atoms with E-state index < -0.39 is 74.5 Å². The first-order chi connectivity index (χ1) is 28.0. The fraction of sp³-hybridized carbons (Fsp3) is 0.690. The Kier molecular flexibility index (Phi) is 18.6. The molecule has 4 rings (SSSR count). The number of hydrogen-bond acceptors (Lipinski definition) is 11. The molecule has 1 saturated heterocycles. The van der Waals surface area contributed by atoms with Gasteiger partial charge in [0.1, 0.15) is 22.9 Å². The van der Waals surface area contributed by atoms with Gasteiger partial charge in [0.2, 0.25) is 17.7 Å². The summed E-state index contributed by atoms with van der Waals surface area (Å²) in [7, 11) is -4.22. The van der Waals surface area contributed by atoms with E-state index in [9.17, 15) is 32.7 Å². The molecule has 5 atom stereocenters. The molecule has 1 aliphatic heterocycles. The molecule has 2 aliphatic rings. The normalized spacial score (nSPS) is 18.2. The van der Waals surface area contributed by atoms with Crippen molar-refractivity contribution in [3.8, 4) is 0 Å². The lowest BCUT2D eigenvalue weighted by Crippen LogP contribution is -2.58. The second kappa shape index (κ2) is 23.1. The molecule has 1 aromatic carbocycles. The molecule has 2 fully saturated rings. The van der Waals surface area contributed by atoms with E-state index in [0.29, 0.717) is 31.9 Å². The van der Waals surface area contributed by atoms with Crippen molar-refractivity contribution in [3.05, 3.63) is 54.1 Å². The Hall–Kier alpha value is -4.06. The van der Waals surface area contributed by atoms with Crippen molar-refractivity contribution in [2.45, 2.75) is 127 Å². The number of morpholine rings is 1. The number of imidazole rings is 1. The maximum Gasteiger partial charge on any atom is 0.408 e. The van der Waals surface area contributed by atoms with E-state index in [-0.39, 0.29) is 37.6 Å². The van der Waals surface area contributed by atoms with Gasteiger partial charge in [0.25, 0.3) is 0 Å². The Labute approximate surface area is 349 Å². The van der Waals surface area contributed by atoms with E-state index in [0.717, 1.165) is 50.8 Å². The van der Waals surface area contributed by atoms with Crippen molar-refractivity contribution < 1.29 is 42.2 Å². The molecule has 2 heterocycles. The largest absolute Gasteiger partial charge is 0.444 e. The van der Waals surface area contributed by atoms with Crippen LogP contribution in [0, 0.1) is 11.8 Å². The molecule has 1 aromatic heterocycles. The minimum atomic E-state index is -4.22. The summed E-state index contributed by atoms with van der Waals surface area (Å²) in [6.07, 6.45) is 5.82. The zero-order valence-corrected chi connectivity index (χ0v) is 36.2. The number of rotatable bonds is 21. The van der Waals surface area contributed by atoms with Gasteiger partial charge in [-0.15, -0.1) is 0 Å². The number of hydrogen-bond donors (Lipinski definition) is 6. The monoisotopic (exact) mass is 845 g/mol. The average molecular weight is 846 g/mol. The molecule has 1 aliphatic carbocycles. The molecule has 0 unspecified atom stereocenters. The molecule has 0 spiro atoms. The smallest absolute Gasteiger partial charge is 0.408 e. The molecule has 0 radical (unpaired) electrons. The highest BCUT2D eigenvalue weighted by atomic mass is 32.2. The zero-order valence-electron chi connectivity index (χ0n) is 35.4. The molecule has 17 heteroatoms. The number of aromatic nitrogens is 2. The molecular weight excluding hydrogens is 779 g/mol. The number of aromatic amines is 1. The number of aliphatic hydroxyl groups is 1. The van der Waals surface area contributed by atoms with Crippen molar-refractivity contribution in [2.24, 2.45) is 11.8 Å². The lowest BCUT2D eigenvalue weighted by Gasteiger charge is -2.32. The number of sulfone groups is 1. The quantitative estimate of drug-likeness (QED) is 0.107. The first kappa shape index (κ1) is 47.6. The molecule has 16 nitrogen and oxygen atoms in total. The summed E-state index contributed by atoms with van der Waals surface area (Å²) in [6.45, 7) is 12.3. The van der Waals surface area contributed by atoms with Crippen molar-refractivity contribution in [1.82, 2.24) is 36.1 Å². The van der Waals surface area contributed by atoms with Gasteiger partial charge < -0.3 is 40.8 Å². The van der Waals surface area contributed by atoms with Crippen LogP contribution in [-0.2, 0) is 46.5 Å². The lowest BCUT2D eigenvalue weighted by atomic mass is 9.83. The van der Waals surface area contributed by atoms with E-state index in [1.165, 1.54) is 12.5 Å². The molecule has 4 amide bonds. The highest BCUT2D eigenvalue weighted by Gasteiger charge is 2.39. The second-order valence-electron chi connectivity index (χ2n) is 17.3. The number of nitrogens with zero attached hydrogens (tertiary/aromatic N) is 2. The van der Waals surface area contributed by atoms with Crippen molar-refractivity contribution in [3.63, 3.8) is 0 Å². The maximum atomic E-state index is 14.3. The van der Waals surface area contributed by atoms with Gasteiger partial charge in [0.05, 0.1) is 37.4 Å². The van der Waals surface area contributed by atoms with Gasteiger partial charge in [-0.1, -0.05) is 76.3 Å². The van der Waals surface area contributed by atoms with Crippen LogP contribution in [0.3, 0.4) is 0 Å². The van der Waals surface area contributed by atoms with Gasteiger partial charge in [-0.05, 0) is 51.0 Å². The van der Waals surface area contributed by atoms with Gasteiger partial charge in [-0.3, -0.25) is 19.3 Å².